The van der Waals surface area contributed by atoms with Crippen LogP contribution in [0.5, 0.6) is 11.6 Å². The lowest BCUT2D eigenvalue weighted by molar-refractivity contribution is -0.138. The van der Waals surface area contributed by atoms with E-state index in [4.69, 9.17) is 20.2 Å². The quantitative estimate of drug-likeness (QED) is 0.691. The van der Waals surface area contributed by atoms with Gasteiger partial charge in [0.2, 0.25) is 11.8 Å². The smallest absolute Gasteiger partial charge is 0.481 e. The standard InChI is InChI=1S/C14H14BN3O5/c1-7-4-8(22-11-2-3-17-14(16)18-11)5-9-13(7)10(6-12(19)20)23-15(9)21/h2-5,10,21H,6H2,1H3,(H,19,20)(H2,16,17,18). The number of nitrogen functional groups attached to an aromatic ring is 1. The van der Waals surface area contributed by atoms with Crippen molar-refractivity contribution < 1.29 is 24.3 Å². The third-order valence-electron chi connectivity index (χ3n) is 3.50. The Balaban J connectivity index is 1.93. The molecule has 0 spiro atoms. The molecule has 0 saturated carbocycles. The SMILES string of the molecule is Cc1cc(Oc2ccnc(N)n2)cc2c1C(CC(=O)O)OB2O. The van der Waals surface area contributed by atoms with Crippen molar-refractivity contribution in [3.05, 3.63) is 35.5 Å². The number of aliphatic carboxylic acids is 1. The Bertz CT molecular complexity index is 770. The van der Waals surface area contributed by atoms with Crippen molar-refractivity contribution in [2.75, 3.05) is 5.73 Å². The van der Waals surface area contributed by atoms with E-state index in [0.717, 1.165) is 5.56 Å². The van der Waals surface area contributed by atoms with Gasteiger partial charge < -0.3 is 25.3 Å². The van der Waals surface area contributed by atoms with E-state index < -0.39 is 19.2 Å². The molecule has 1 atom stereocenters. The molecule has 1 aliphatic rings. The van der Waals surface area contributed by atoms with Gasteiger partial charge in [-0.25, -0.2) is 4.98 Å². The molecule has 1 aromatic heterocycles. The van der Waals surface area contributed by atoms with Crippen LogP contribution in [0.1, 0.15) is 23.7 Å². The molecule has 0 radical (unpaired) electrons. The van der Waals surface area contributed by atoms with Crippen molar-refractivity contribution in [1.29, 1.82) is 0 Å². The highest BCUT2D eigenvalue weighted by Crippen LogP contribution is 2.32. The van der Waals surface area contributed by atoms with Gasteiger partial charge >= 0.3 is 13.1 Å². The van der Waals surface area contributed by atoms with Crippen LogP contribution in [0.4, 0.5) is 5.95 Å². The van der Waals surface area contributed by atoms with Crippen molar-refractivity contribution in [2.45, 2.75) is 19.4 Å². The Kier molecular flexibility index (Phi) is 3.89. The normalized spacial score (nSPS) is 16.3. The van der Waals surface area contributed by atoms with E-state index in [1.807, 2.05) is 0 Å². The number of nitrogens with zero attached hydrogens (tertiary/aromatic N) is 2. The average Bonchev–Trinajstić information content (AvgIpc) is 2.75. The fourth-order valence-electron chi connectivity index (χ4n) is 2.63. The van der Waals surface area contributed by atoms with Crippen LogP contribution in [0.25, 0.3) is 0 Å². The number of aromatic nitrogens is 2. The Morgan fingerprint density at radius 3 is 3.00 bits per heavy atom. The monoisotopic (exact) mass is 315 g/mol. The van der Waals surface area contributed by atoms with Gasteiger partial charge in [-0.3, -0.25) is 4.79 Å². The van der Waals surface area contributed by atoms with Crippen LogP contribution in [0.2, 0.25) is 0 Å². The first kappa shape index (κ1) is 15.3. The fourth-order valence-corrected chi connectivity index (χ4v) is 2.63. The lowest BCUT2D eigenvalue weighted by Crippen LogP contribution is -2.28. The largest absolute Gasteiger partial charge is 0.492 e. The Morgan fingerprint density at radius 1 is 1.52 bits per heavy atom. The number of ether oxygens (including phenoxy) is 1. The maximum Gasteiger partial charge on any atom is 0.492 e. The average molecular weight is 315 g/mol. The van der Waals surface area contributed by atoms with Crippen LogP contribution < -0.4 is 15.9 Å². The summed E-state index contributed by atoms with van der Waals surface area (Å²) in [7, 11) is -1.19. The molecule has 4 N–H and O–H groups in total. The van der Waals surface area contributed by atoms with Crippen molar-refractivity contribution in [3.63, 3.8) is 0 Å². The van der Waals surface area contributed by atoms with Crippen LogP contribution in [0.15, 0.2) is 24.4 Å². The van der Waals surface area contributed by atoms with E-state index in [1.54, 1.807) is 25.1 Å². The number of benzene rings is 1. The van der Waals surface area contributed by atoms with Gasteiger partial charge in [0.25, 0.3) is 0 Å². The van der Waals surface area contributed by atoms with Crippen LogP contribution in [-0.2, 0) is 9.45 Å². The molecule has 8 nitrogen and oxygen atoms in total. The highest BCUT2D eigenvalue weighted by atomic mass is 16.5. The summed E-state index contributed by atoms with van der Waals surface area (Å²) in [6.45, 7) is 1.80. The molecule has 1 aromatic carbocycles. The number of anilines is 1. The number of nitrogens with two attached hydrogens (primary N) is 1. The summed E-state index contributed by atoms with van der Waals surface area (Å²) < 4.78 is 10.9. The minimum atomic E-state index is -1.19. The van der Waals surface area contributed by atoms with E-state index in [2.05, 4.69) is 9.97 Å². The molecule has 0 bridgehead atoms. The number of carboxylic acid groups (broad SMARTS) is 1. The third-order valence-corrected chi connectivity index (χ3v) is 3.50. The van der Waals surface area contributed by atoms with Gasteiger partial charge in [0.05, 0.1) is 12.5 Å². The van der Waals surface area contributed by atoms with Gasteiger partial charge in [-0.2, -0.15) is 4.98 Å². The minimum absolute atomic E-state index is 0.0882. The maximum absolute atomic E-state index is 10.9. The highest BCUT2D eigenvalue weighted by Gasteiger charge is 2.37. The molecule has 2 aromatic rings. The van der Waals surface area contributed by atoms with E-state index in [-0.39, 0.29) is 18.2 Å². The fraction of sp³-hybridized carbons (Fsp3) is 0.214. The van der Waals surface area contributed by atoms with Gasteiger partial charge in [0.15, 0.2) is 0 Å². The molecule has 118 valence electrons. The zero-order valence-electron chi connectivity index (χ0n) is 12.3. The first-order valence-corrected chi connectivity index (χ1v) is 6.90. The predicted octanol–water partition coefficient (Wildman–Crippen LogP) is 0.393. The number of carbonyl (C=O) groups is 1. The van der Waals surface area contributed by atoms with Crippen LogP contribution in [0, 0.1) is 6.92 Å². The first-order valence-electron chi connectivity index (χ1n) is 6.90. The third kappa shape index (κ3) is 3.10. The van der Waals surface area contributed by atoms with Crippen molar-refractivity contribution in [1.82, 2.24) is 9.97 Å². The summed E-state index contributed by atoms with van der Waals surface area (Å²) in [5.74, 6) is -0.193. The summed E-state index contributed by atoms with van der Waals surface area (Å²) >= 11 is 0. The van der Waals surface area contributed by atoms with Gasteiger partial charge in [-0.1, -0.05) is 0 Å². The summed E-state index contributed by atoms with van der Waals surface area (Å²) in [4.78, 5) is 18.6. The van der Waals surface area contributed by atoms with E-state index in [9.17, 15) is 9.82 Å². The molecule has 0 aliphatic carbocycles. The van der Waals surface area contributed by atoms with Crippen LogP contribution in [0.3, 0.4) is 0 Å². The second-order valence-corrected chi connectivity index (χ2v) is 5.17. The molecule has 1 unspecified atom stereocenters. The van der Waals surface area contributed by atoms with Crippen molar-refractivity contribution in [3.8, 4) is 11.6 Å². The van der Waals surface area contributed by atoms with E-state index >= 15 is 0 Å². The molecule has 23 heavy (non-hydrogen) atoms. The Labute approximate surface area is 132 Å². The van der Waals surface area contributed by atoms with Crippen molar-refractivity contribution >= 4 is 24.5 Å². The summed E-state index contributed by atoms with van der Waals surface area (Å²) in [5.41, 5.74) is 7.44. The van der Waals surface area contributed by atoms with Crippen LogP contribution in [-0.4, -0.2) is 33.2 Å². The Morgan fingerprint density at radius 2 is 2.30 bits per heavy atom. The maximum atomic E-state index is 10.9. The van der Waals surface area contributed by atoms with Gasteiger partial charge in [-0.05, 0) is 35.6 Å². The van der Waals surface area contributed by atoms with E-state index in [1.165, 1.54) is 6.20 Å². The number of hydrogen-bond donors (Lipinski definition) is 3. The zero-order chi connectivity index (χ0) is 16.6. The second-order valence-electron chi connectivity index (χ2n) is 5.17. The van der Waals surface area contributed by atoms with Gasteiger partial charge in [-0.15, -0.1) is 0 Å². The molecule has 2 heterocycles. The molecule has 9 heteroatoms. The second kappa shape index (κ2) is 5.86. The molecular weight excluding hydrogens is 301 g/mol. The Hall–Kier alpha value is -2.65. The minimum Gasteiger partial charge on any atom is -0.481 e. The van der Waals surface area contributed by atoms with E-state index in [0.29, 0.717) is 16.8 Å². The molecule has 1 aliphatic heterocycles. The molecular formula is C14H14BN3O5. The number of carboxylic acids is 1. The lowest BCUT2D eigenvalue weighted by Gasteiger charge is -2.13. The summed E-state index contributed by atoms with van der Waals surface area (Å²) in [5, 5.41) is 18.9. The number of rotatable bonds is 4. The lowest BCUT2D eigenvalue weighted by atomic mass is 9.77. The predicted molar refractivity (Wildman–Crippen MR) is 81.4 cm³/mol. The van der Waals surface area contributed by atoms with Crippen molar-refractivity contribution in [2.24, 2.45) is 0 Å². The number of fused-ring (bicyclic) bond motifs is 1. The van der Waals surface area contributed by atoms with Gasteiger partial charge in [0, 0.05) is 12.3 Å². The molecule has 3 rings (SSSR count). The zero-order valence-corrected chi connectivity index (χ0v) is 12.3. The highest BCUT2D eigenvalue weighted by molar-refractivity contribution is 6.62. The number of aryl methyl sites for hydroxylation is 1. The first-order chi connectivity index (χ1) is 10.9. The molecule has 0 amide bonds. The number of hydrogen-bond acceptors (Lipinski definition) is 7. The summed E-state index contributed by atoms with van der Waals surface area (Å²) in [6.07, 6.45) is 0.577. The van der Waals surface area contributed by atoms with Gasteiger partial charge in [0.1, 0.15) is 5.75 Å². The topological polar surface area (TPSA) is 128 Å². The van der Waals surface area contributed by atoms with Crippen LogP contribution >= 0.6 is 0 Å². The summed E-state index contributed by atoms with van der Waals surface area (Å²) in [6, 6.07) is 4.89. The molecule has 0 fully saturated rings. The molecule has 0 saturated heterocycles.